The predicted molar refractivity (Wildman–Crippen MR) is 222 cm³/mol. The standard InChI is InChI=1S/C48H73FN2O6/c1-30(2)40-34(52)26-48(37(53)29-51(25-24-50(10)11)28-31-12-14-32(49)15-13-31)23-22-46(8)33(41(40)48)16-17-36-45(7)20-19-38(57-39(54)27-43(3,4)42(55)56)44(5,6)35(45)18-21-47(36,46)9/h12-15,30,33,35-38,53H,16-29H2,1-11H3,(H,55,56)/t33-,35?,36?,37-,38+,45+,46-,47-,48+/m1/s1. The molecule has 1 aromatic rings. The van der Waals surface area contributed by atoms with Gasteiger partial charge in [0.15, 0.2) is 5.78 Å². The lowest BCUT2D eigenvalue weighted by atomic mass is 9.33. The van der Waals surface area contributed by atoms with Crippen molar-refractivity contribution in [1.82, 2.24) is 9.80 Å². The molecule has 0 radical (unpaired) electrons. The third-order valence-corrected chi connectivity index (χ3v) is 17.1. The van der Waals surface area contributed by atoms with E-state index >= 15 is 0 Å². The number of carboxylic acids is 1. The molecule has 0 aliphatic heterocycles. The van der Waals surface area contributed by atoms with Crippen LogP contribution in [-0.2, 0) is 25.7 Å². The van der Waals surface area contributed by atoms with Crippen LogP contribution in [0.5, 0.6) is 0 Å². The zero-order valence-electron chi connectivity index (χ0n) is 37.0. The molecule has 4 saturated carbocycles. The number of rotatable bonds is 13. The van der Waals surface area contributed by atoms with Crippen molar-refractivity contribution in [3.63, 3.8) is 0 Å². The van der Waals surface area contributed by atoms with Gasteiger partial charge < -0.3 is 19.8 Å². The van der Waals surface area contributed by atoms with Gasteiger partial charge >= 0.3 is 11.9 Å². The molecule has 57 heavy (non-hydrogen) atoms. The number of likely N-dealkylation sites (N-methyl/N-ethyl adjacent to an activating group) is 1. The fourth-order valence-corrected chi connectivity index (χ4v) is 13.8. The highest BCUT2D eigenvalue weighted by molar-refractivity contribution is 6.00. The van der Waals surface area contributed by atoms with Crippen LogP contribution in [0.25, 0.3) is 0 Å². The fraction of sp³-hybridized carbons (Fsp3) is 0.771. The highest BCUT2D eigenvalue weighted by atomic mass is 19.1. The second-order valence-corrected chi connectivity index (χ2v) is 21.7. The number of hydrogen-bond acceptors (Lipinski definition) is 7. The van der Waals surface area contributed by atoms with Gasteiger partial charge in [-0.3, -0.25) is 19.3 Å². The van der Waals surface area contributed by atoms with Crippen LogP contribution in [0.15, 0.2) is 35.4 Å². The molecule has 5 aliphatic rings. The van der Waals surface area contributed by atoms with Gasteiger partial charge in [-0.15, -0.1) is 0 Å². The number of carbonyl (C=O) groups excluding carboxylic acids is 2. The van der Waals surface area contributed by atoms with E-state index in [1.54, 1.807) is 13.8 Å². The average Bonchev–Trinajstić information content (AvgIpc) is 3.42. The van der Waals surface area contributed by atoms with Crippen molar-refractivity contribution in [2.24, 2.45) is 56.2 Å². The molecule has 0 amide bonds. The van der Waals surface area contributed by atoms with Crippen molar-refractivity contribution in [3.05, 3.63) is 46.8 Å². The number of ketones is 1. The Morgan fingerprint density at radius 3 is 2.19 bits per heavy atom. The smallest absolute Gasteiger partial charge is 0.309 e. The predicted octanol–water partition coefficient (Wildman–Crippen LogP) is 8.94. The Labute approximate surface area is 342 Å². The van der Waals surface area contributed by atoms with E-state index in [0.29, 0.717) is 31.3 Å². The number of Topliss-reactive ketones (excluding diaryl/α,β-unsaturated/α-hetero) is 1. The Balaban J connectivity index is 1.29. The largest absolute Gasteiger partial charge is 0.481 e. The van der Waals surface area contributed by atoms with Gasteiger partial charge in [0.2, 0.25) is 0 Å². The summed E-state index contributed by atoms with van der Waals surface area (Å²) in [5.74, 6) is -0.380. The number of halogens is 1. The van der Waals surface area contributed by atoms with E-state index in [1.165, 1.54) is 17.7 Å². The molecule has 9 heteroatoms. The number of carbonyl (C=O) groups is 3. The van der Waals surface area contributed by atoms with Crippen molar-refractivity contribution in [2.45, 2.75) is 145 Å². The quantitative estimate of drug-likeness (QED) is 0.191. The van der Waals surface area contributed by atoms with Gasteiger partial charge in [0.1, 0.15) is 11.9 Å². The van der Waals surface area contributed by atoms with Gasteiger partial charge in [0.05, 0.1) is 17.9 Å². The van der Waals surface area contributed by atoms with Gasteiger partial charge in [0.25, 0.3) is 0 Å². The molecule has 5 aliphatic carbocycles. The van der Waals surface area contributed by atoms with E-state index in [-0.39, 0.29) is 57.6 Å². The first-order valence-electron chi connectivity index (χ1n) is 21.9. The van der Waals surface area contributed by atoms with Gasteiger partial charge in [-0.2, -0.15) is 0 Å². The maximum Gasteiger partial charge on any atom is 0.309 e. The molecule has 0 aromatic heterocycles. The summed E-state index contributed by atoms with van der Waals surface area (Å²) in [5, 5.41) is 22.3. The maximum atomic E-state index is 14.3. The summed E-state index contributed by atoms with van der Waals surface area (Å²) in [6.45, 7) is 22.2. The number of benzene rings is 1. The third kappa shape index (κ3) is 7.47. The summed E-state index contributed by atoms with van der Waals surface area (Å²) >= 11 is 0. The summed E-state index contributed by atoms with van der Waals surface area (Å²) in [7, 11) is 4.10. The summed E-state index contributed by atoms with van der Waals surface area (Å²) in [6, 6.07) is 6.65. The molecule has 1 aromatic carbocycles. The van der Waals surface area contributed by atoms with E-state index in [0.717, 1.165) is 75.6 Å². The molecule has 6 rings (SSSR count). The maximum absolute atomic E-state index is 14.3. The lowest BCUT2D eigenvalue weighted by Crippen LogP contribution is -2.66. The van der Waals surface area contributed by atoms with Crippen molar-refractivity contribution < 1.29 is 33.7 Å². The summed E-state index contributed by atoms with van der Waals surface area (Å²) in [6.07, 6.45) is 6.88. The SMILES string of the molecule is CC(C)C1=C2[C@H]3CCC4[C@@]5(C)CC[C@H](OC(=O)CC(C)(C)C(=O)O)C(C)(C)C5CC[C@@]4(C)[C@]3(C)CC[C@@]2([C@H](O)CN(CCN(C)C)Cc2ccc(F)cc2)CC1=O. The van der Waals surface area contributed by atoms with Crippen LogP contribution in [-0.4, -0.2) is 83.7 Å². The Morgan fingerprint density at radius 1 is 0.912 bits per heavy atom. The molecular weight excluding hydrogens is 720 g/mol. The molecule has 0 spiro atoms. The van der Waals surface area contributed by atoms with Crippen LogP contribution in [0.2, 0.25) is 0 Å². The Bertz CT molecular complexity index is 1740. The Morgan fingerprint density at radius 2 is 1.58 bits per heavy atom. The number of esters is 1. The van der Waals surface area contributed by atoms with Gasteiger partial charge in [-0.1, -0.05) is 66.2 Å². The summed E-state index contributed by atoms with van der Waals surface area (Å²) in [5.41, 5.74) is 1.21. The topological polar surface area (TPSA) is 107 Å². The first-order chi connectivity index (χ1) is 26.4. The lowest BCUT2D eigenvalue weighted by molar-refractivity contribution is -0.235. The molecule has 0 bridgehead atoms. The van der Waals surface area contributed by atoms with Crippen LogP contribution in [0.4, 0.5) is 4.39 Å². The van der Waals surface area contributed by atoms with Crippen molar-refractivity contribution in [3.8, 4) is 0 Å². The number of nitrogens with zero attached hydrogens (tertiary/aromatic N) is 2. The Kier molecular flexibility index (Phi) is 11.9. The number of aliphatic carboxylic acids is 1. The highest BCUT2D eigenvalue weighted by Crippen LogP contribution is 2.77. The number of allylic oxidation sites excluding steroid dienone is 1. The first-order valence-corrected chi connectivity index (χ1v) is 21.9. The van der Waals surface area contributed by atoms with Gasteiger partial charge in [-0.05, 0) is 142 Å². The van der Waals surface area contributed by atoms with Crippen LogP contribution in [0.1, 0.15) is 132 Å². The molecule has 0 heterocycles. The monoisotopic (exact) mass is 793 g/mol. The zero-order chi connectivity index (χ0) is 42.1. The van der Waals surface area contributed by atoms with Gasteiger partial charge in [-0.25, -0.2) is 4.39 Å². The number of hydrogen-bond donors (Lipinski definition) is 2. The number of ether oxygens (including phenoxy) is 1. The van der Waals surface area contributed by atoms with Crippen LogP contribution < -0.4 is 0 Å². The second-order valence-electron chi connectivity index (χ2n) is 21.7. The summed E-state index contributed by atoms with van der Waals surface area (Å²) in [4.78, 5) is 43.7. The number of aliphatic hydroxyl groups is 1. The van der Waals surface area contributed by atoms with E-state index in [1.807, 2.05) is 12.1 Å². The molecule has 318 valence electrons. The molecule has 2 unspecified atom stereocenters. The number of aliphatic hydroxyl groups excluding tert-OH is 1. The number of fused-ring (bicyclic) bond motifs is 7. The van der Waals surface area contributed by atoms with Crippen LogP contribution in [0.3, 0.4) is 0 Å². The summed E-state index contributed by atoms with van der Waals surface area (Å²) < 4.78 is 20.0. The molecule has 8 nitrogen and oxygen atoms in total. The van der Waals surface area contributed by atoms with E-state index < -0.39 is 28.9 Å². The average molecular weight is 793 g/mol. The Hall–Kier alpha value is -2.62. The molecule has 0 saturated heterocycles. The van der Waals surface area contributed by atoms with Crippen molar-refractivity contribution in [2.75, 3.05) is 33.7 Å². The van der Waals surface area contributed by atoms with Crippen molar-refractivity contribution in [1.29, 1.82) is 0 Å². The normalized spacial score (nSPS) is 35.5. The zero-order valence-corrected chi connectivity index (χ0v) is 37.0. The minimum atomic E-state index is -1.18. The van der Waals surface area contributed by atoms with Crippen LogP contribution >= 0.6 is 0 Å². The van der Waals surface area contributed by atoms with E-state index in [9.17, 15) is 29.0 Å². The van der Waals surface area contributed by atoms with Crippen molar-refractivity contribution >= 4 is 17.7 Å². The minimum Gasteiger partial charge on any atom is -0.481 e. The van der Waals surface area contributed by atoms with E-state index in [4.69, 9.17) is 4.74 Å². The molecular formula is C48H73FN2O6. The molecule has 9 atom stereocenters. The lowest BCUT2D eigenvalue weighted by Gasteiger charge is -2.72. The van der Waals surface area contributed by atoms with E-state index in [2.05, 4.69) is 72.4 Å². The van der Waals surface area contributed by atoms with Crippen LogP contribution in [0, 0.1) is 62.0 Å². The third-order valence-electron chi connectivity index (χ3n) is 17.1. The highest BCUT2D eigenvalue weighted by Gasteiger charge is 2.71. The number of carboxylic acid groups (broad SMARTS) is 1. The molecule has 2 N–H and O–H groups in total. The van der Waals surface area contributed by atoms with Gasteiger partial charge in [0, 0.05) is 43.4 Å². The minimum absolute atomic E-state index is 0.0183. The molecule has 4 fully saturated rings. The first kappa shape index (κ1) is 43.9. The second kappa shape index (κ2) is 15.4. The fourth-order valence-electron chi connectivity index (χ4n) is 13.8.